The van der Waals surface area contributed by atoms with Crippen LogP contribution in [-0.2, 0) is 4.74 Å². The van der Waals surface area contributed by atoms with Crippen molar-refractivity contribution in [2.24, 2.45) is 4.99 Å². The SMILES string of the molecule is O=[N+]([O-])c1ccc(C2OC(c3ccccc3)=NC2(C(F)(F)F)C(F)(F)F)cc1. The molecule has 0 saturated heterocycles. The van der Waals surface area contributed by atoms with Crippen LogP contribution in [0.15, 0.2) is 59.6 Å². The van der Waals surface area contributed by atoms with Crippen molar-refractivity contribution in [2.45, 2.75) is 24.0 Å². The van der Waals surface area contributed by atoms with E-state index in [-0.39, 0.29) is 5.56 Å². The first-order valence-corrected chi connectivity index (χ1v) is 7.67. The van der Waals surface area contributed by atoms with Gasteiger partial charge in [-0.05, 0) is 29.8 Å². The van der Waals surface area contributed by atoms with Crippen LogP contribution in [0, 0.1) is 10.1 Å². The zero-order valence-electron chi connectivity index (χ0n) is 13.7. The van der Waals surface area contributed by atoms with Gasteiger partial charge in [-0.25, -0.2) is 4.99 Å². The number of hydrogen-bond donors (Lipinski definition) is 0. The van der Waals surface area contributed by atoms with Crippen molar-refractivity contribution >= 4 is 11.6 Å². The quantitative estimate of drug-likeness (QED) is 0.412. The first-order chi connectivity index (χ1) is 13.0. The normalized spacial score (nSPS) is 19.1. The third-order valence-electron chi connectivity index (χ3n) is 4.18. The van der Waals surface area contributed by atoms with Gasteiger partial charge < -0.3 is 4.74 Å². The zero-order chi connectivity index (χ0) is 20.7. The van der Waals surface area contributed by atoms with Gasteiger partial charge in [0, 0.05) is 17.7 Å². The van der Waals surface area contributed by atoms with E-state index in [1.54, 1.807) is 0 Å². The molecule has 0 aromatic heterocycles. The molecule has 28 heavy (non-hydrogen) atoms. The summed E-state index contributed by atoms with van der Waals surface area (Å²) in [5.41, 5.74) is -5.66. The molecule has 1 aliphatic rings. The minimum absolute atomic E-state index is 0.0650. The summed E-state index contributed by atoms with van der Waals surface area (Å²) < 4.78 is 87.4. The van der Waals surface area contributed by atoms with Gasteiger partial charge >= 0.3 is 12.4 Å². The Labute approximate surface area is 153 Å². The molecule has 11 heteroatoms. The van der Waals surface area contributed by atoms with Gasteiger partial charge in [-0.3, -0.25) is 10.1 Å². The third-order valence-corrected chi connectivity index (χ3v) is 4.18. The lowest BCUT2D eigenvalue weighted by Crippen LogP contribution is -2.57. The number of halogens is 6. The summed E-state index contributed by atoms with van der Waals surface area (Å²) in [5.74, 6) is -0.821. The van der Waals surface area contributed by atoms with Crippen LogP contribution in [-0.4, -0.2) is 28.7 Å². The molecule has 0 aliphatic carbocycles. The second-order valence-corrected chi connectivity index (χ2v) is 5.89. The van der Waals surface area contributed by atoms with Gasteiger partial charge in [0.25, 0.3) is 11.2 Å². The van der Waals surface area contributed by atoms with Crippen molar-refractivity contribution in [3.05, 3.63) is 75.8 Å². The van der Waals surface area contributed by atoms with Crippen LogP contribution in [0.1, 0.15) is 17.2 Å². The Balaban J connectivity index is 2.19. The number of nitro benzene ring substituents is 1. The summed E-state index contributed by atoms with van der Waals surface area (Å²) in [6.07, 6.45) is -14.3. The van der Waals surface area contributed by atoms with E-state index in [1.165, 1.54) is 30.3 Å². The Kier molecular flexibility index (Phi) is 4.56. The summed E-state index contributed by atoms with van der Waals surface area (Å²) >= 11 is 0. The van der Waals surface area contributed by atoms with E-state index in [1.807, 2.05) is 0 Å². The molecule has 3 rings (SSSR count). The Bertz CT molecular complexity index is 893. The van der Waals surface area contributed by atoms with Crippen molar-refractivity contribution in [3.63, 3.8) is 0 Å². The van der Waals surface area contributed by atoms with Crippen LogP contribution in [0.3, 0.4) is 0 Å². The second kappa shape index (κ2) is 6.50. The average Bonchev–Trinajstić information content (AvgIpc) is 3.04. The molecule has 2 aromatic rings. The van der Waals surface area contributed by atoms with E-state index in [2.05, 4.69) is 4.99 Å². The minimum Gasteiger partial charge on any atom is -0.466 e. The number of alkyl halides is 6. The Hall–Kier alpha value is -3.11. The fourth-order valence-electron chi connectivity index (χ4n) is 2.82. The maximum Gasteiger partial charge on any atom is 0.426 e. The van der Waals surface area contributed by atoms with Crippen LogP contribution in [0.5, 0.6) is 0 Å². The van der Waals surface area contributed by atoms with Crippen LogP contribution >= 0.6 is 0 Å². The van der Waals surface area contributed by atoms with Crippen LogP contribution in [0.4, 0.5) is 32.0 Å². The summed E-state index contributed by atoms with van der Waals surface area (Å²) in [6, 6.07) is 10.0. The molecule has 0 radical (unpaired) electrons. The van der Waals surface area contributed by atoms with Gasteiger partial charge in [-0.2, -0.15) is 26.3 Å². The van der Waals surface area contributed by atoms with Crippen molar-refractivity contribution < 1.29 is 36.0 Å². The second-order valence-electron chi connectivity index (χ2n) is 5.89. The molecule has 148 valence electrons. The predicted octanol–water partition coefficient (Wildman–Crippen LogP) is 4.98. The standard InChI is InChI=1S/C17H10F6N2O3/c18-16(19,20)15(17(21,22)23)13(10-6-8-12(9-7-10)25(26)27)28-14(24-15)11-4-2-1-3-5-11/h1-9,13H. The number of rotatable bonds is 3. The van der Waals surface area contributed by atoms with Gasteiger partial charge in [0.1, 0.15) is 0 Å². The van der Waals surface area contributed by atoms with Crippen LogP contribution in [0.2, 0.25) is 0 Å². The van der Waals surface area contributed by atoms with Crippen molar-refractivity contribution in [3.8, 4) is 0 Å². The molecule has 0 spiro atoms. The third kappa shape index (κ3) is 3.06. The van der Waals surface area contributed by atoms with Gasteiger partial charge in [-0.15, -0.1) is 0 Å². The highest BCUT2D eigenvalue weighted by Gasteiger charge is 2.78. The highest BCUT2D eigenvalue weighted by atomic mass is 19.4. The summed E-state index contributed by atoms with van der Waals surface area (Å²) in [4.78, 5) is 12.8. The first kappa shape index (κ1) is 19.6. The van der Waals surface area contributed by atoms with Gasteiger partial charge in [0.05, 0.1) is 4.92 Å². The highest BCUT2D eigenvalue weighted by Crippen LogP contribution is 2.57. The van der Waals surface area contributed by atoms with Crippen molar-refractivity contribution in [1.82, 2.24) is 0 Å². The first-order valence-electron chi connectivity index (χ1n) is 7.67. The van der Waals surface area contributed by atoms with Crippen molar-refractivity contribution in [2.75, 3.05) is 0 Å². The van der Waals surface area contributed by atoms with E-state index in [9.17, 15) is 36.5 Å². The topological polar surface area (TPSA) is 64.7 Å². The molecule has 2 aromatic carbocycles. The Morgan fingerprint density at radius 1 is 0.929 bits per heavy atom. The van der Waals surface area contributed by atoms with E-state index in [4.69, 9.17) is 4.74 Å². The molecule has 0 fully saturated rings. The molecule has 0 bridgehead atoms. The minimum atomic E-state index is -5.84. The Morgan fingerprint density at radius 3 is 1.93 bits per heavy atom. The summed E-state index contributed by atoms with van der Waals surface area (Å²) in [7, 11) is 0. The lowest BCUT2D eigenvalue weighted by atomic mass is 9.87. The smallest absolute Gasteiger partial charge is 0.426 e. The number of nitrogens with zero attached hydrogens (tertiary/aromatic N) is 2. The Morgan fingerprint density at radius 2 is 1.46 bits per heavy atom. The lowest BCUT2D eigenvalue weighted by molar-refractivity contribution is -0.384. The van der Waals surface area contributed by atoms with Gasteiger partial charge in [-0.1, -0.05) is 18.2 Å². The maximum atomic E-state index is 13.7. The molecule has 5 nitrogen and oxygen atoms in total. The largest absolute Gasteiger partial charge is 0.466 e. The zero-order valence-corrected chi connectivity index (χ0v) is 13.7. The fraction of sp³-hybridized carbons (Fsp3) is 0.235. The van der Waals surface area contributed by atoms with E-state index in [0.717, 1.165) is 24.3 Å². The predicted molar refractivity (Wildman–Crippen MR) is 84.7 cm³/mol. The number of benzene rings is 2. The van der Waals surface area contributed by atoms with Gasteiger partial charge in [0.15, 0.2) is 6.10 Å². The molecule has 1 unspecified atom stereocenters. The lowest BCUT2D eigenvalue weighted by Gasteiger charge is -2.34. The monoisotopic (exact) mass is 404 g/mol. The summed E-state index contributed by atoms with van der Waals surface area (Å²) in [6.45, 7) is 0. The fourth-order valence-corrected chi connectivity index (χ4v) is 2.82. The number of ether oxygens (including phenoxy) is 1. The molecule has 0 amide bonds. The number of aliphatic imine (C=N–C) groups is 1. The van der Waals surface area contributed by atoms with Crippen LogP contribution < -0.4 is 0 Å². The molecule has 1 atom stereocenters. The molecule has 0 saturated carbocycles. The highest BCUT2D eigenvalue weighted by molar-refractivity contribution is 5.96. The summed E-state index contributed by atoms with van der Waals surface area (Å²) in [5, 5.41) is 10.7. The molecular formula is C17H10F6N2O3. The molecule has 1 heterocycles. The molecular weight excluding hydrogens is 394 g/mol. The number of nitro groups is 1. The molecule has 1 aliphatic heterocycles. The van der Waals surface area contributed by atoms with Crippen molar-refractivity contribution in [1.29, 1.82) is 0 Å². The van der Waals surface area contributed by atoms with E-state index < -0.39 is 46.1 Å². The van der Waals surface area contributed by atoms with Gasteiger partial charge in [0.2, 0.25) is 5.90 Å². The number of non-ortho nitro benzene ring substituents is 1. The van der Waals surface area contributed by atoms with E-state index in [0.29, 0.717) is 0 Å². The van der Waals surface area contributed by atoms with Crippen LogP contribution in [0.25, 0.3) is 0 Å². The number of hydrogen-bond acceptors (Lipinski definition) is 4. The maximum absolute atomic E-state index is 13.7. The van der Waals surface area contributed by atoms with E-state index >= 15 is 0 Å². The molecule has 0 N–H and O–H groups in total. The average molecular weight is 404 g/mol.